The normalized spacial score (nSPS) is 17.7. The van der Waals surface area contributed by atoms with Crippen LogP contribution in [0.4, 0.5) is 5.69 Å². The lowest BCUT2D eigenvalue weighted by Crippen LogP contribution is -2.31. The number of rotatable bonds is 6. The highest BCUT2D eigenvalue weighted by molar-refractivity contribution is 8.00. The van der Waals surface area contributed by atoms with E-state index in [0.29, 0.717) is 11.6 Å². The van der Waals surface area contributed by atoms with Gasteiger partial charge in [-0.15, -0.1) is 0 Å². The highest BCUT2D eigenvalue weighted by atomic mass is 32.2. The van der Waals surface area contributed by atoms with Crippen molar-refractivity contribution in [1.82, 2.24) is 9.55 Å². The quantitative estimate of drug-likeness (QED) is 0.471. The lowest BCUT2D eigenvalue weighted by atomic mass is 10.1. The number of nitrogens with zero attached hydrogens (tertiary/aromatic N) is 2. The van der Waals surface area contributed by atoms with Crippen LogP contribution >= 0.6 is 11.8 Å². The molecule has 6 nitrogen and oxygen atoms in total. The van der Waals surface area contributed by atoms with Crippen molar-refractivity contribution >= 4 is 34.1 Å². The Bertz CT molecular complexity index is 1180. The number of hydrogen-bond acceptors (Lipinski definition) is 5. The summed E-state index contributed by atoms with van der Waals surface area (Å²) in [6.07, 6.45) is 4.95. The molecule has 7 heteroatoms. The van der Waals surface area contributed by atoms with Crippen LogP contribution in [0.2, 0.25) is 0 Å². The molecular weight excluding hydrogens is 410 g/mol. The molecule has 1 saturated heterocycles. The van der Waals surface area contributed by atoms with Crippen LogP contribution in [0.25, 0.3) is 10.8 Å². The first kappa shape index (κ1) is 20.3. The van der Waals surface area contributed by atoms with Crippen molar-refractivity contribution in [2.45, 2.75) is 49.8 Å². The number of nitrogens with one attached hydrogen (secondary N) is 1. The van der Waals surface area contributed by atoms with Crippen LogP contribution in [0.15, 0.2) is 52.3 Å². The Morgan fingerprint density at radius 2 is 2.03 bits per heavy atom. The lowest BCUT2D eigenvalue weighted by Gasteiger charge is -2.17. The number of fused-ring (bicyclic) bond motifs is 2. The van der Waals surface area contributed by atoms with Crippen LogP contribution in [-0.2, 0) is 28.9 Å². The largest absolute Gasteiger partial charge is 0.376 e. The monoisotopic (exact) mass is 435 g/mol. The maximum absolute atomic E-state index is 12.8. The molecule has 5 rings (SSSR count). The van der Waals surface area contributed by atoms with E-state index >= 15 is 0 Å². The van der Waals surface area contributed by atoms with Gasteiger partial charge in [0, 0.05) is 28.9 Å². The van der Waals surface area contributed by atoms with E-state index in [4.69, 9.17) is 4.74 Å². The predicted octanol–water partition coefficient (Wildman–Crippen LogP) is 3.80. The Labute approximate surface area is 185 Å². The second-order valence-corrected chi connectivity index (χ2v) is 9.05. The standard InChI is InChI=1S/C24H25N3O3S/c28-22(25-20-11-3-7-16-6-1-2-9-18(16)20)15-31-23-19-10-4-12-21(19)27(24(29)26-23)14-17-8-5-13-30-17/h1-3,6-7,9,11,17H,4-5,8,10,12-15H2,(H,25,28)/t17-/m0/s1. The van der Waals surface area contributed by atoms with Crippen LogP contribution in [0.3, 0.4) is 0 Å². The van der Waals surface area contributed by atoms with Gasteiger partial charge < -0.3 is 10.1 Å². The van der Waals surface area contributed by atoms with Crippen LogP contribution in [-0.4, -0.2) is 33.9 Å². The van der Waals surface area contributed by atoms with Crippen LogP contribution in [0.1, 0.15) is 30.5 Å². The van der Waals surface area contributed by atoms with Crippen molar-refractivity contribution < 1.29 is 9.53 Å². The highest BCUT2D eigenvalue weighted by Gasteiger charge is 2.25. The molecule has 0 saturated carbocycles. The first-order chi connectivity index (χ1) is 15.2. The van der Waals surface area contributed by atoms with Gasteiger partial charge in [-0.3, -0.25) is 9.36 Å². The Morgan fingerprint density at radius 3 is 2.90 bits per heavy atom. The molecule has 160 valence electrons. The minimum Gasteiger partial charge on any atom is -0.376 e. The first-order valence-electron chi connectivity index (χ1n) is 10.8. The van der Waals surface area contributed by atoms with E-state index in [2.05, 4.69) is 10.3 Å². The molecule has 1 aromatic heterocycles. The molecule has 0 unspecified atom stereocenters. The third-order valence-corrected chi connectivity index (χ3v) is 7.03. The predicted molar refractivity (Wildman–Crippen MR) is 123 cm³/mol. The molecule has 31 heavy (non-hydrogen) atoms. The molecule has 2 aliphatic rings. The third-order valence-electron chi connectivity index (χ3n) is 6.01. The molecule has 0 radical (unpaired) electrons. The van der Waals surface area contributed by atoms with Gasteiger partial charge in [0.15, 0.2) is 0 Å². The SMILES string of the molecule is O=C(CSc1nc(=O)n(C[C@@H]2CCCO2)c2c1CCC2)Nc1cccc2ccccc12. The Morgan fingerprint density at radius 1 is 1.16 bits per heavy atom. The van der Waals surface area contributed by atoms with Crippen molar-refractivity contribution in [3.63, 3.8) is 0 Å². The number of ether oxygens (including phenoxy) is 1. The summed E-state index contributed by atoms with van der Waals surface area (Å²) >= 11 is 1.36. The molecule has 2 aromatic carbocycles. The molecule has 1 amide bonds. The summed E-state index contributed by atoms with van der Waals surface area (Å²) in [7, 11) is 0. The van der Waals surface area contributed by atoms with E-state index in [1.165, 1.54) is 11.8 Å². The van der Waals surface area contributed by atoms with Crippen LogP contribution < -0.4 is 11.0 Å². The molecule has 1 atom stereocenters. The second-order valence-electron chi connectivity index (χ2n) is 8.09. The minimum absolute atomic E-state index is 0.0987. The van der Waals surface area contributed by atoms with Gasteiger partial charge in [-0.2, -0.15) is 4.98 Å². The van der Waals surface area contributed by atoms with Gasteiger partial charge in [-0.1, -0.05) is 48.2 Å². The fraction of sp³-hybridized carbons (Fsp3) is 0.375. The summed E-state index contributed by atoms with van der Waals surface area (Å²) in [5.74, 6) is 0.121. The van der Waals surface area contributed by atoms with E-state index in [1.807, 2.05) is 42.5 Å². The summed E-state index contributed by atoms with van der Waals surface area (Å²) in [5.41, 5.74) is 2.77. The maximum Gasteiger partial charge on any atom is 0.348 e. The second kappa shape index (κ2) is 8.85. The Hall–Kier alpha value is -2.64. The molecule has 3 aromatic rings. The Kier molecular flexibility index (Phi) is 5.78. The summed E-state index contributed by atoms with van der Waals surface area (Å²) in [4.78, 5) is 29.8. The molecule has 1 fully saturated rings. The van der Waals surface area contributed by atoms with Gasteiger partial charge in [0.05, 0.1) is 18.4 Å². The van der Waals surface area contributed by atoms with E-state index in [9.17, 15) is 9.59 Å². The van der Waals surface area contributed by atoms with Gasteiger partial charge in [0.1, 0.15) is 5.03 Å². The minimum atomic E-state index is -0.229. The van der Waals surface area contributed by atoms with Crippen molar-refractivity contribution in [1.29, 1.82) is 0 Å². The zero-order valence-electron chi connectivity index (χ0n) is 17.3. The highest BCUT2D eigenvalue weighted by Crippen LogP contribution is 2.30. The number of thioether (sulfide) groups is 1. The van der Waals surface area contributed by atoms with Crippen LogP contribution in [0, 0.1) is 0 Å². The fourth-order valence-electron chi connectivity index (χ4n) is 4.54. The van der Waals surface area contributed by atoms with E-state index in [-0.39, 0.29) is 23.5 Å². The van der Waals surface area contributed by atoms with Gasteiger partial charge in [-0.25, -0.2) is 4.79 Å². The molecule has 2 heterocycles. The average molecular weight is 436 g/mol. The van der Waals surface area contributed by atoms with Gasteiger partial charge >= 0.3 is 5.69 Å². The molecular formula is C24H25N3O3S. The van der Waals surface area contributed by atoms with Crippen LogP contribution in [0.5, 0.6) is 0 Å². The number of benzene rings is 2. The third kappa shape index (κ3) is 4.25. The van der Waals surface area contributed by atoms with Gasteiger partial charge in [-0.05, 0) is 43.6 Å². The number of carbonyl (C=O) groups excluding carboxylic acids is 1. The lowest BCUT2D eigenvalue weighted by molar-refractivity contribution is -0.113. The van der Waals surface area contributed by atoms with Crippen molar-refractivity contribution in [2.75, 3.05) is 17.7 Å². The number of anilines is 1. The van der Waals surface area contributed by atoms with E-state index < -0.39 is 0 Å². The topological polar surface area (TPSA) is 73.2 Å². The Balaban J connectivity index is 1.31. The zero-order chi connectivity index (χ0) is 21.2. The van der Waals surface area contributed by atoms with E-state index in [0.717, 1.165) is 66.4 Å². The summed E-state index contributed by atoms with van der Waals surface area (Å²) in [6, 6.07) is 13.8. The summed E-state index contributed by atoms with van der Waals surface area (Å²) in [5, 5.41) is 5.81. The zero-order valence-corrected chi connectivity index (χ0v) is 18.1. The summed E-state index contributed by atoms with van der Waals surface area (Å²) in [6.45, 7) is 1.36. The number of amides is 1. The molecule has 0 bridgehead atoms. The first-order valence-corrected chi connectivity index (χ1v) is 11.8. The van der Waals surface area contributed by atoms with Crippen molar-refractivity contribution in [3.05, 3.63) is 64.2 Å². The van der Waals surface area contributed by atoms with Gasteiger partial charge in [0.25, 0.3) is 0 Å². The number of aromatic nitrogens is 2. The average Bonchev–Trinajstić information content (AvgIpc) is 3.47. The maximum atomic E-state index is 12.8. The van der Waals surface area contributed by atoms with Gasteiger partial charge in [0.2, 0.25) is 5.91 Å². The number of hydrogen-bond donors (Lipinski definition) is 1. The smallest absolute Gasteiger partial charge is 0.348 e. The van der Waals surface area contributed by atoms with E-state index in [1.54, 1.807) is 4.57 Å². The van der Waals surface area contributed by atoms with Crippen molar-refractivity contribution in [2.24, 2.45) is 0 Å². The number of carbonyl (C=O) groups is 1. The van der Waals surface area contributed by atoms with Crippen molar-refractivity contribution in [3.8, 4) is 0 Å². The fourth-order valence-corrected chi connectivity index (χ4v) is 5.42. The molecule has 1 N–H and O–H groups in total. The molecule has 1 aliphatic carbocycles. The summed E-state index contributed by atoms with van der Waals surface area (Å²) < 4.78 is 7.53. The molecule has 0 spiro atoms. The molecule has 1 aliphatic heterocycles.